The Balaban J connectivity index is 1.02. The first-order chi connectivity index (χ1) is 39.6. The number of ether oxygens (including phenoxy) is 6. The number of nitrogens with two attached hydrogens (primary N) is 2. The van der Waals surface area contributed by atoms with Crippen LogP contribution in [0.3, 0.4) is 0 Å². The molecule has 4 aromatic rings. The first-order valence-corrected chi connectivity index (χ1v) is 25.8. The molecule has 31 nitrogen and oxygen atoms in total. The van der Waals surface area contributed by atoms with Gasteiger partial charge in [0.05, 0.1) is 67.8 Å². The van der Waals surface area contributed by atoms with E-state index in [9.17, 15) is 59.1 Å². The van der Waals surface area contributed by atoms with Crippen LogP contribution in [0.5, 0.6) is 17.2 Å². The molecule has 7 rings (SSSR count). The van der Waals surface area contributed by atoms with Gasteiger partial charge in [0, 0.05) is 65.2 Å². The Kier molecular flexibility index (Phi) is 20.7. The molecule has 83 heavy (non-hydrogen) atoms. The van der Waals surface area contributed by atoms with Crippen molar-refractivity contribution in [2.45, 2.75) is 68.8 Å². The van der Waals surface area contributed by atoms with Gasteiger partial charge in [-0.2, -0.15) is 0 Å². The first-order valence-electron chi connectivity index (χ1n) is 25.8. The lowest BCUT2D eigenvalue weighted by atomic mass is 9.99. The van der Waals surface area contributed by atoms with E-state index >= 15 is 0 Å². The number of hydrogen-bond acceptors (Lipinski definition) is 20. The van der Waals surface area contributed by atoms with Crippen molar-refractivity contribution in [1.82, 2.24) is 30.0 Å². The highest BCUT2D eigenvalue weighted by atomic mass is 16.7. The molecule has 6 amide bonds. The number of carboxylic acids is 1. The third kappa shape index (κ3) is 15.0. The highest BCUT2D eigenvalue weighted by molar-refractivity contribution is 6.07. The van der Waals surface area contributed by atoms with E-state index in [0.717, 1.165) is 4.90 Å². The molecule has 5 heterocycles. The van der Waals surface area contributed by atoms with Gasteiger partial charge in [-0.25, -0.2) is 20.4 Å². The van der Waals surface area contributed by atoms with Crippen LogP contribution in [0.1, 0.15) is 66.5 Å². The molecule has 3 aliphatic heterocycles. The molecule has 0 radical (unpaired) electrons. The topological polar surface area (TPSA) is 438 Å². The predicted molar refractivity (Wildman–Crippen MR) is 289 cm³/mol. The van der Waals surface area contributed by atoms with Crippen LogP contribution in [0.25, 0.3) is 0 Å². The third-order valence-electron chi connectivity index (χ3n) is 13.3. The summed E-state index contributed by atoms with van der Waals surface area (Å²) in [6, 6.07) is 8.48. The van der Waals surface area contributed by atoms with Crippen molar-refractivity contribution >= 4 is 64.6 Å². The van der Waals surface area contributed by atoms with Crippen LogP contribution < -0.4 is 57.3 Å². The molecule has 3 aliphatic rings. The molecule has 0 spiro atoms. The third-order valence-corrected chi connectivity index (χ3v) is 13.3. The van der Waals surface area contributed by atoms with E-state index in [0.29, 0.717) is 16.9 Å². The molecule has 2 aromatic heterocycles. The summed E-state index contributed by atoms with van der Waals surface area (Å²) in [4.78, 5) is 100.0. The first kappa shape index (κ1) is 61.8. The number of aliphatic hydroxyl groups is 4. The van der Waals surface area contributed by atoms with Crippen molar-refractivity contribution < 1.29 is 92.4 Å². The van der Waals surface area contributed by atoms with Crippen molar-refractivity contribution in [2.24, 2.45) is 25.7 Å². The summed E-state index contributed by atoms with van der Waals surface area (Å²) in [5.41, 5.74) is 6.70. The normalized spacial score (nSPS) is 20.1. The van der Waals surface area contributed by atoms with E-state index in [2.05, 4.69) is 38.0 Å². The Morgan fingerprint density at radius 2 is 1.49 bits per heavy atom. The van der Waals surface area contributed by atoms with Crippen molar-refractivity contribution in [2.75, 3.05) is 75.2 Å². The van der Waals surface area contributed by atoms with Crippen molar-refractivity contribution in [3.05, 3.63) is 95.1 Å². The van der Waals surface area contributed by atoms with Crippen molar-refractivity contribution in [1.29, 1.82) is 5.41 Å². The molecule has 7 atom stereocenters. The number of nitrogens with one attached hydrogen (secondary N) is 6. The number of carbonyl (C=O) groups is 7. The van der Waals surface area contributed by atoms with Gasteiger partial charge in [0.25, 0.3) is 23.6 Å². The molecule has 15 N–H and O–H groups in total. The van der Waals surface area contributed by atoms with Gasteiger partial charge < -0.3 is 105 Å². The van der Waals surface area contributed by atoms with E-state index in [1.54, 1.807) is 26.5 Å². The SMILES string of the molecule is C=C1C[C@H]2C(O)N(C(=O)OCc3ccc(O[C@@H]4O[C@H](C(=O)O)[C@@H](O)[C@H](O)[C@H]4O)c(C(=O)NCCOCCON)c3)c3cc(OCCCC(=O)Nc4cc(C(=O)Nc5cc(C(=O)NCCNC(=N)N)n(C)c5)n(C)c4)c(OC)cc3C(=O)N2C1. The zero-order chi connectivity index (χ0) is 60.2. The molecule has 2 saturated heterocycles. The maximum absolute atomic E-state index is 14.4. The summed E-state index contributed by atoms with van der Waals surface area (Å²) in [5, 5.41) is 73.4. The summed E-state index contributed by atoms with van der Waals surface area (Å²) >= 11 is 0. The second-order valence-electron chi connectivity index (χ2n) is 19.2. The maximum Gasteiger partial charge on any atom is 0.416 e. The van der Waals surface area contributed by atoms with Crippen LogP contribution in [0, 0.1) is 5.41 Å². The Morgan fingerprint density at radius 3 is 2.18 bits per heavy atom. The Labute approximate surface area is 473 Å². The molecule has 0 saturated carbocycles. The van der Waals surface area contributed by atoms with E-state index in [4.69, 9.17) is 45.5 Å². The maximum atomic E-state index is 14.4. The Hall–Kier alpha value is -8.82. The quantitative estimate of drug-likeness (QED) is 0.0122. The van der Waals surface area contributed by atoms with Gasteiger partial charge in [-0.1, -0.05) is 18.2 Å². The number of methoxy groups -OCH3 is 1. The monoisotopic (exact) mass is 1160 g/mol. The van der Waals surface area contributed by atoms with Gasteiger partial charge in [-0.05, 0) is 48.7 Å². The number of benzene rings is 2. The number of aryl methyl sites for hydroxylation is 2. The molecule has 0 aliphatic carbocycles. The minimum atomic E-state index is -2.02. The lowest BCUT2D eigenvalue weighted by Gasteiger charge is -2.38. The molecule has 1 unspecified atom stereocenters. The van der Waals surface area contributed by atoms with Gasteiger partial charge in [0.2, 0.25) is 12.2 Å². The number of aliphatic carboxylic acids is 1. The number of carbonyl (C=O) groups excluding carboxylic acids is 6. The minimum Gasteiger partial charge on any atom is -0.493 e. The van der Waals surface area contributed by atoms with Gasteiger partial charge in [-0.3, -0.25) is 29.4 Å². The molecular formula is C52H66N12O19. The van der Waals surface area contributed by atoms with Crippen LogP contribution in [0.2, 0.25) is 0 Å². The predicted octanol–water partition coefficient (Wildman–Crippen LogP) is -1.21. The standard InChI is InChI=1S/C52H66N12O19/c1-26-16-35-48(73)64(52(76)80-25-27-7-8-36(31(17-27)44(69)57-11-13-78-14-15-81-55)82-50-42(68)40(66)41(67)43(83-50)49(74)75)32-21-38(37(77-4)20-30(32)47(72)63(35)22-26)79-12-5-6-39(65)59-28-18-34(62(3)23-28)46(71)60-29-19-33(61(2)24-29)45(70)56-9-10-58-51(53)54/h7-8,17-21,23-24,35,40-43,48,50,66-68,73H,1,5-6,9-16,22,25,55H2,2-4H3,(H,56,70)(H,57,69)(H,59,65)(H,60,71)(H,74,75)(H4,53,54,58)/t35-,40-,41-,42+,43-,48?,50+/m0/s1. The summed E-state index contributed by atoms with van der Waals surface area (Å²) < 4.78 is 36.8. The summed E-state index contributed by atoms with van der Waals surface area (Å²) in [6.07, 6.45) is -9.50. The number of rotatable bonds is 25. The number of nitrogens with zero attached hydrogens (tertiary/aromatic N) is 4. The van der Waals surface area contributed by atoms with E-state index in [-0.39, 0.29) is 129 Å². The number of guanidine groups is 1. The number of fused-ring (bicyclic) bond motifs is 2. The number of anilines is 3. The fourth-order valence-corrected chi connectivity index (χ4v) is 9.18. The smallest absolute Gasteiger partial charge is 0.416 e. The van der Waals surface area contributed by atoms with E-state index < -0.39 is 91.2 Å². The molecular weight excluding hydrogens is 1100 g/mol. The Bertz CT molecular complexity index is 3090. The zero-order valence-corrected chi connectivity index (χ0v) is 45.3. The average molecular weight is 1160 g/mol. The van der Waals surface area contributed by atoms with Crippen LogP contribution in [0.15, 0.2) is 67.0 Å². The summed E-state index contributed by atoms with van der Waals surface area (Å²) in [5.74, 6) is 0.210. The van der Waals surface area contributed by atoms with Gasteiger partial charge in [0.1, 0.15) is 42.1 Å². The van der Waals surface area contributed by atoms with Crippen LogP contribution in [-0.4, -0.2) is 190 Å². The van der Waals surface area contributed by atoms with Crippen molar-refractivity contribution in [3.8, 4) is 17.2 Å². The summed E-state index contributed by atoms with van der Waals surface area (Å²) in [6.45, 7) is 3.99. The fraction of sp³-hybridized carbons (Fsp3) is 0.423. The second-order valence-corrected chi connectivity index (χ2v) is 19.2. The number of amides is 6. The highest BCUT2D eigenvalue weighted by Gasteiger charge is 2.49. The van der Waals surface area contributed by atoms with Gasteiger partial charge in [0.15, 0.2) is 29.8 Å². The number of aromatic nitrogens is 2. The van der Waals surface area contributed by atoms with Gasteiger partial charge in [-0.15, -0.1) is 0 Å². The molecule has 0 bridgehead atoms. The fourth-order valence-electron chi connectivity index (χ4n) is 9.18. The molecule has 448 valence electrons. The molecule has 2 aromatic carbocycles. The van der Waals surface area contributed by atoms with Crippen LogP contribution in [0.4, 0.5) is 21.9 Å². The number of carboxylic acid groups (broad SMARTS) is 1. The largest absolute Gasteiger partial charge is 0.493 e. The lowest BCUT2D eigenvalue weighted by molar-refractivity contribution is -0.271. The summed E-state index contributed by atoms with van der Waals surface area (Å²) in [7, 11) is 4.58. The Morgan fingerprint density at radius 1 is 0.807 bits per heavy atom. The van der Waals surface area contributed by atoms with E-state index in [1.807, 2.05) is 0 Å². The number of aliphatic hydroxyl groups excluding tert-OH is 4. The average Bonchev–Trinajstić information content (AvgIpc) is 2.63. The molecule has 31 heteroatoms. The zero-order valence-electron chi connectivity index (χ0n) is 45.3. The van der Waals surface area contributed by atoms with Gasteiger partial charge >= 0.3 is 12.1 Å². The lowest BCUT2D eigenvalue weighted by Crippen LogP contribution is -2.61. The second kappa shape index (κ2) is 27.8. The van der Waals surface area contributed by atoms with Crippen LogP contribution in [-0.2, 0) is 49.3 Å². The van der Waals surface area contributed by atoms with Crippen molar-refractivity contribution in [3.63, 3.8) is 0 Å². The van der Waals surface area contributed by atoms with Crippen LogP contribution >= 0.6 is 0 Å². The highest BCUT2D eigenvalue weighted by Crippen LogP contribution is 2.42. The number of hydrogen-bond donors (Lipinski definition) is 13. The van der Waals surface area contributed by atoms with E-state index in [1.165, 1.54) is 63.6 Å². The minimum absolute atomic E-state index is 0.0111. The molecule has 2 fully saturated rings.